The Bertz CT molecular complexity index is 603. The number of hydrogen-bond donors (Lipinski definition) is 1. The van der Waals surface area contributed by atoms with Crippen LogP contribution in [-0.4, -0.2) is 6.54 Å². The number of halogens is 3. The highest BCUT2D eigenvalue weighted by Crippen LogP contribution is 2.29. The van der Waals surface area contributed by atoms with Gasteiger partial charge in [-0.25, -0.2) is 4.39 Å². The van der Waals surface area contributed by atoms with Crippen molar-refractivity contribution in [2.45, 2.75) is 25.8 Å². The molecular weight excluding hydrogens is 353 g/mol. The van der Waals surface area contributed by atoms with Crippen LogP contribution in [0.25, 0.3) is 0 Å². The van der Waals surface area contributed by atoms with E-state index >= 15 is 0 Å². The van der Waals surface area contributed by atoms with Crippen molar-refractivity contribution >= 4 is 27.5 Å². The van der Waals surface area contributed by atoms with Crippen molar-refractivity contribution < 1.29 is 4.39 Å². The van der Waals surface area contributed by atoms with Crippen LogP contribution in [0.3, 0.4) is 0 Å². The van der Waals surface area contributed by atoms with Gasteiger partial charge in [-0.15, -0.1) is 0 Å². The molecule has 0 heterocycles. The molecule has 0 spiro atoms. The Balaban J connectivity index is 2.25. The molecule has 2 rings (SSSR count). The van der Waals surface area contributed by atoms with Crippen LogP contribution in [0.5, 0.6) is 0 Å². The fourth-order valence-corrected chi connectivity index (χ4v) is 3.25. The van der Waals surface area contributed by atoms with Gasteiger partial charge in [0, 0.05) is 15.5 Å². The Kier molecular flexibility index (Phi) is 6.22. The topological polar surface area (TPSA) is 12.0 Å². The molecule has 0 aliphatic carbocycles. The van der Waals surface area contributed by atoms with Gasteiger partial charge >= 0.3 is 0 Å². The van der Waals surface area contributed by atoms with Crippen molar-refractivity contribution in [1.82, 2.24) is 5.32 Å². The highest BCUT2D eigenvalue weighted by Gasteiger charge is 2.15. The first-order valence-electron chi connectivity index (χ1n) is 7.03. The average Bonchev–Trinajstić information content (AvgIpc) is 2.44. The summed E-state index contributed by atoms with van der Waals surface area (Å²) in [5, 5.41) is 4.22. The molecule has 0 saturated heterocycles. The molecule has 2 aromatic rings. The fourth-order valence-electron chi connectivity index (χ4n) is 2.29. The molecule has 0 amide bonds. The number of hydrogen-bond acceptors (Lipinski definition) is 1. The van der Waals surface area contributed by atoms with Crippen molar-refractivity contribution in [3.63, 3.8) is 0 Å². The van der Waals surface area contributed by atoms with Crippen LogP contribution in [0, 0.1) is 5.82 Å². The summed E-state index contributed by atoms with van der Waals surface area (Å²) >= 11 is 9.58. The summed E-state index contributed by atoms with van der Waals surface area (Å²) in [5.41, 5.74) is 2.11. The quantitative estimate of drug-likeness (QED) is 0.705. The molecule has 112 valence electrons. The van der Waals surface area contributed by atoms with E-state index in [1.807, 2.05) is 24.3 Å². The molecule has 21 heavy (non-hydrogen) atoms. The van der Waals surface area contributed by atoms with Crippen LogP contribution in [0.15, 0.2) is 46.9 Å². The van der Waals surface area contributed by atoms with Crippen LogP contribution < -0.4 is 5.32 Å². The second kappa shape index (κ2) is 7.92. The summed E-state index contributed by atoms with van der Waals surface area (Å²) in [6.07, 6.45) is 1.78. The second-order valence-corrected chi connectivity index (χ2v) is 6.30. The van der Waals surface area contributed by atoms with Crippen LogP contribution in [0.4, 0.5) is 4.39 Å². The Morgan fingerprint density at radius 3 is 2.71 bits per heavy atom. The van der Waals surface area contributed by atoms with Crippen molar-refractivity contribution in [3.8, 4) is 0 Å². The fraction of sp³-hybridized carbons (Fsp3) is 0.294. The molecule has 1 N–H and O–H groups in total. The molecule has 0 aliphatic heterocycles. The maximum Gasteiger partial charge on any atom is 0.123 e. The van der Waals surface area contributed by atoms with Gasteiger partial charge in [-0.2, -0.15) is 0 Å². The van der Waals surface area contributed by atoms with Crippen molar-refractivity contribution in [1.29, 1.82) is 0 Å². The highest BCUT2D eigenvalue weighted by atomic mass is 79.9. The van der Waals surface area contributed by atoms with E-state index in [1.54, 1.807) is 12.1 Å². The third kappa shape index (κ3) is 4.80. The minimum atomic E-state index is -0.197. The molecule has 0 aliphatic rings. The van der Waals surface area contributed by atoms with E-state index in [1.165, 1.54) is 6.07 Å². The summed E-state index contributed by atoms with van der Waals surface area (Å²) in [4.78, 5) is 0. The molecule has 2 aromatic carbocycles. The van der Waals surface area contributed by atoms with E-state index in [2.05, 4.69) is 28.2 Å². The smallest absolute Gasteiger partial charge is 0.123 e. The first kappa shape index (κ1) is 16.5. The minimum Gasteiger partial charge on any atom is -0.310 e. The van der Waals surface area contributed by atoms with Crippen LogP contribution in [0.1, 0.15) is 30.5 Å². The third-order valence-electron chi connectivity index (χ3n) is 3.31. The SMILES string of the molecule is CCCNC(Cc1cccc(F)c1)c1ccc(Cl)cc1Br. The van der Waals surface area contributed by atoms with Gasteiger partial charge in [-0.3, -0.25) is 0 Å². The predicted molar refractivity (Wildman–Crippen MR) is 90.3 cm³/mol. The zero-order valence-corrected chi connectivity index (χ0v) is 14.2. The van der Waals surface area contributed by atoms with Gasteiger partial charge in [0.1, 0.15) is 5.82 Å². The highest BCUT2D eigenvalue weighted by molar-refractivity contribution is 9.10. The van der Waals surface area contributed by atoms with E-state index < -0.39 is 0 Å². The maximum atomic E-state index is 13.4. The lowest BCUT2D eigenvalue weighted by atomic mass is 9.98. The summed E-state index contributed by atoms with van der Waals surface area (Å²) in [7, 11) is 0. The Labute approximate surface area is 138 Å². The molecule has 1 atom stereocenters. The van der Waals surface area contributed by atoms with Gasteiger partial charge in [-0.05, 0) is 54.8 Å². The summed E-state index contributed by atoms with van der Waals surface area (Å²) < 4.78 is 14.3. The van der Waals surface area contributed by atoms with E-state index in [4.69, 9.17) is 11.6 Å². The first-order chi connectivity index (χ1) is 10.1. The average molecular weight is 371 g/mol. The summed E-state index contributed by atoms with van der Waals surface area (Å²) in [5.74, 6) is -0.197. The Morgan fingerprint density at radius 1 is 1.24 bits per heavy atom. The Hall–Kier alpha value is -0.900. The molecule has 1 nitrogen and oxygen atoms in total. The van der Waals surface area contributed by atoms with Gasteiger partial charge < -0.3 is 5.32 Å². The largest absolute Gasteiger partial charge is 0.310 e. The van der Waals surface area contributed by atoms with Crippen molar-refractivity contribution in [2.75, 3.05) is 6.54 Å². The summed E-state index contributed by atoms with van der Waals surface area (Å²) in [6, 6.07) is 12.7. The van der Waals surface area contributed by atoms with Crippen LogP contribution in [-0.2, 0) is 6.42 Å². The van der Waals surface area contributed by atoms with Gasteiger partial charge in [0.05, 0.1) is 0 Å². The zero-order valence-electron chi connectivity index (χ0n) is 11.9. The molecular formula is C17H18BrClFN. The zero-order chi connectivity index (χ0) is 15.2. The van der Waals surface area contributed by atoms with E-state index in [9.17, 15) is 4.39 Å². The molecule has 4 heteroatoms. The van der Waals surface area contributed by atoms with Crippen molar-refractivity contribution in [2.24, 2.45) is 0 Å². The second-order valence-electron chi connectivity index (χ2n) is 5.01. The van der Waals surface area contributed by atoms with Gasteiger partial charge in [0.2, 0.25) is 0 Å². The lowest BCUT2D eigenvalue weighted by Gasteiger charge is -2.21. The lowest BCUT2D eigenvalue weighted by molar-refractivity contribution is 0.525. The third-order valence-corrected chi connectivity index (χ3v) is 4.23. The predicted octanol–water partition coefficient (Wildman–Crippen LogP) is 5.53. The maximum absolute atomic E-state index is 13.4. The molecule has 1 unspecified atom stereocenters. The van der Waals surface area contributed by atoms with Gasteiger partial charge in [0.15, 0.2) is 0 Å². The monoisotopic (exact) mass is 369 g/mol. The van der Waals surface area contributed by atoms with Crippen LogP contribution >= 0.6 is 27.5 Å². The molecule has 0 bridgehead atoms. The summed E-state index contributed by atoms with van der Waals surface area (Å²) in [6.45, 7) is 3.04. The number of nitrogens with one attached hydrogen (secondary N) is 1. The van der Waals surface area contributed by atoms with Crippen LogP contribution in [0.2, 0.25) is 5.02 Å². The van der Waals surface area contributed by atoms with Gasteiger partial charge in [-0.1, -0.05) is 52.7 Å². The molecule has 0 radical (unpaired) electrons. The molecule has 0 aromatic heterocycles. The Morgan fingerprint density at radius 2 is 2.05 bits per heavy atom. The standard InChI is InChI=1S/C17H18BrClFN/c1-2-8-21-17(10-12-4-3-5-14(20)9-12)15-7-6-13(19)11-16(15)18/h3-7,9,11,17,21H,2,8,10H2,1H3. The molecule has 0 saturated carbocycles. The minimum absolute atomic E-state index is 0.124. The van der Waals surface area contributed by atoms with E-state index in [0.29, 0.717) is 5.02 Å². The first-order valence-corrected chi connectivity index (χ1v) is 8.20. The van der Waals surface area contributed by atoms with Crippen molar-refractivity contribution in [3.05, 3.63) is 68.9 Å². The number of benzene rings is 2. The lowest BCUT2D eigenvalue weighted by Crippen LogP contribution is -2.24. The molecule has 0 fully saturated rings. The normalized spacial score (nSPS) is 12.4. The number of rotatable bonds is 6. The van der Waals surface area contributed by atoms with Gasteiger partial charge in [0.25, 0.3) is 0 Å². The van der Waals surface area contributed by atoms with E-state index in [-0.39, 0.29) is 11.9 Å². The van der Waals surface area contributed by atoms with E-state index in [0.717, 1.165) is 35.0 Å².